The number of para-hydroxylation sites is 1. The summed E-state index contributed by atoms with van der Waals surface area (Å²) < 4.78 is 28.0. The van der Waals surface area contributed by atoms with Crippen LogP contribution in [0.25, 0.3) is 33.1 Å². The molecule has 3 heterocycles. The van der Waals surface area contributed by atoms with E-state index in [9.17, 15) is 4.79 Å². The molecule has 1 aliphatic rings. The van der Waals surface area contributed by atoms with Gasteiger partial charge in [0.15, 0.2) is 17.4 Å². The highest BCUT2D eigenvalue weighted by atomic mass is 16.5. The van der Waals surface area contributed by atoms with E-state index >= 15 is 0 Å². The first kappa shape index (κ1) is 25.4. The molecule has 5 aromatic rings. The summed E-state index contributed by atoms with van der Waals surface area (Å²) >= 11 is 0. The van der Waals surface area contributed by atoms with Crippen molar-refractivity contribution in [1.29, 1.82) is 0 Å². The number of rotatable bonds is 7. The maximum Gasteiger partial charge on any atom is 0.252 e. The highest BCUT2D eigenvalue weighted by Crippen LogP contribution is 2.41. The maximum absolute atomic E-state index is 13.9. The zero-order valence-corrected chi connectivity index (χ0v) is 22.7. The van der Waals surface area contributed by atoms with Gasteiger partial charge in [-0.1, -0.05) is 18.2 Å². The predicted octanol–water partition coefficient (Wildman–Crippen LogP) is 5.15. The topological polar surface area (TPSA) is 104 Å². The van der Waals surface area contributed by atoms with Gasteiger partial charge < -0.3 is 34.0 Å². The van der Waals surface area contributed by atoms with E-state index in [4.69, 9.17) is 28.7 Å². The third-order valence-corrected chi connectivity index (χ3v) is 7.21. The van der Waals surface area contributed by atoms with E-state index in [0.29, 0.717) is 63.7 Å². The van der Waals surface area contributed by atoms with Gasteiger partial charge in [0.2, 0.25) is 5.75 Å². The van der Waals surface area contributed by atoms with E-state index in [1.165, 1.54) is 0 Å². The lowest BCUT2D eigenvalue weighted by atomic mass is 10.0. The van der Waals surface area contributed by atoms with Crippen molar-refractivity contribution in [2.75, 3.05) is 35.0 Å². The normalized spacial score (nSPS) is 14.3. The Kier molecular flexibility index (Phi) is 6.55. The fraction of sp³-hybridized carbons (Fsp3) is 0.226. The first-order valence-corrected chi connectivity index (χ1v) is 12.8. The van der Waals surface area contributed by atoms with Crippen molar-refractivity contribution in [3.05, 3.63) is 71.8 Å². The molecular formula is C31H29N3O6. The molecule has 9 nitrogen and oxygen atoms in total. The summed E-state index contributed by atoms with van der Waals surface area (Å²) in [5.74, 6) is 2.63. The zero-order valence-electron chi connectivity index (χ0n) is 22.7. The SMILES string of the molecule is COc1ccc2nc(-c3cc(OC)c(OC)c(OC)c3)cc(C(=O)N[C@H]3COc4[nH]c5ccccc5c4C3)c2c1. The Morgan fingerprint density at radius 1 is 0.925 bits per heavy atom. The molecule has 2 N–H and O–H groups in total. The summed E-state index contributed by atoms with van der Waals surface area (Å²) in [5.41, 5.74) is 4.49. The summed E-state index contributed by atoms with van der Waals surface area (Å²) in [4.78, 5) is 22.0. The Labute approximate surface area is 231 Å². The Balaban J connectivity index is 1.40. The fourth-order valence-electron chi connectivity index (χ4n) is 5.24. The minimum Gasteiger partial charge on any atom is -0.497 e. The van der Waals surface area contributed by atoms with Crippen LogP contribution < -0.4 is 29.0 Å². The first-order chi connectivity index (χ1) is 19.5. The number of aromatic amines is 1. The number of ether oxygens (including phenoxy) is 5. The number of amides is 1. The number of fused-ring (bicyclic) bond motifs is 4. The van der Waals surface area contributed by atoms with Crippen molar-refractivity contribution in [3.8, 4) is 40.1 Å². The summed E-state index contributed by atoms with van der Waals surface area (Å²) in [7, 11) is 6.27. The number of nitrogens with one attached hydrogen (secondary N) is 2. The smallest absolute Gasteiger partial charge is 0.252 e. The molecule has 2 aromatic heterocycles. The zero-order chi connectivity index (χ0) is 27.8. The molecule has 0 saturated heterocycles. The largest absolute Gasteiger partial charge is 0.497 e. The second-order valence-corrected chi connectivity index (χ2v) is 9.52. The Morgan fingerprint density at radius 2 is 1.70 bits per heavy atom. The first-order valence-electron chi connectivity index (χ1n) is 12.8. The van der Waals surface area contributed by atoms with Crippen molar-refractivity contribution in [2.24, 2.45) is 0 Å². The van der Waals surface area contributed by atoms with Crippen LogP contribution in [0.4, 0.5) is 0 Å². The molecule has 0 fully saturated rings. The van der Waals surface area contributed by atoms with E-state index in [1.807, 2.05) is 48.5 Å². The Hall–Kier alpha value is -4.92. The van der Waals surface area contributed by atoms with Crippen LogP contribution in [0.15, 0.2) is 60.7 Å². The fourth-order valence-corrected chi connectivity index (χ4v) is 5.24. The highest BCUT2D eigenvalue weighted by molar-refractivity contribution is 6.07. The number of carbonyl (C=O) groups excluding carboxylic acids is 1. The number of pyridine rings is 1. The quantitative estimate of drug-likeness (QED) is 0.295. The molecule has 0 unspecified atom stereocenters. The van der Waals surface area contributed by atoms with E-state index in [1.54, 1.807) is 34.5 Å². The minimum absolute atomic E-state index is 0.211. The van der Waals surface area contributed by atoms with Gasteiger partial charge in [-0.15, -0.1) is 0 Å². The molecular weight excluding hydrogens is 510 g/mol. The summed E-state index contributed by atoms with van der Waals surface area (Å²) in [6.07, 6.45) is 0.650. The van der Waals surface area contributed by atoms with Gasteiger partial charge in [0.05, 0.1) is 51.3 Å². The van der Waals surface area contributed by atoms with Crippen molar-refractivity contribution in [1.82, 2.24) is 15.3 Å². The molecule has 40 heavy (non-hydrogen) atoms. The van der Waals surface area contributed by atoms with Gasteiger partial charge in [-0.3, -0.25) is 4.79 Å². The third kappa shape index (κ3) is 4.39. The van der Waals surface area contributed by atoms with Crippen molar-refractivity contribution >= 4 is 27.7 Å². The molecule has 0 bridgehead atoms. The van der Waals surface area contributed by atoms with Crippen LogP contribution >= 0.6 is 0 Å². The van der Waals surface area contributed by atoms with Crippen molar-refractivity contribution in [2.45, 2.75) is 12.5 Å². The highest BCUT2D eigenvalue weighted by Gasteiger charge is 2.26. The lowest BCUT2D eigenvalue weighted by molar-refractivity contribution is 0.0916. The van der Waals surface area contributed by atoms with Crippen LogP contribution in [-0.4, -0.2) is 57.0 Å². The maximum atomic E-state index is 13.9. The molecule has 0 spiro atoms. The van der Waals surface area contributed by atoms with E-state index < -0.39 is 0 Å². The second-order valence-electron chi connectivity index (χ2n) is 9.52. The van der Waals surface area contributed by atoms with Gasteiger partial charge in [0.1, 0.15) is 12.4 Å². The second kappa shape index (κ2) is 10.3. The number of hydrogen-bond acceptors (Lipinski definition) is 7. The molecule has 1 atom stereocenters. The monoisotopic (exact) mass is 539 g/mol. The van der Waals surface area contributed by atoms with Crippen LogP contribution in [0.3, 0.4) is 0 Å². The van der Waals surface area contributed by atoms with Gasteiger partial charge >= 0.3 is 0 Å². The Morgan fingerprint density at radius 3 is 2.42 bits per heavy atom. The van der Waals surface area contributed by atoms with Gasteiger partial charge in [0, 0.05) is 33.8 Å². The molecule has 0 saturated carbocycles. The molecule has 3 aromatic carbocycles. The molecule has 0 radical (unpaired) electrons. The minimum atomic E-state index is -0.230. The van der Waals surface area contributed by atoms with Crippen molar-refractivity contribution in [3.63, 3.8) is 0 Å². The van der Waals surface area contributed by atoms with Crippen LogP contribution in [0.5, 0.6) is 28.9 Å². The van der Waals surface area contributed by atoms with Crippen molar-refractivity contribution < 1.29 is 28.5 Å². The van der Waals surface area contributed by atoms with Gasteiger partial charge in [-0.25, -0.2) is 4.98 Å². The average Bonchev–Trinajstić information content (AvgIpc) is 3.37. The van der Waals surface area contributed by atoms with Crippen LogP contribution in [0.1, 0.15) is 15.9 Å². The number of H-pyrrole nitrogens is 1. The van der Waals surface area contributed by atoms with E-state index in [2.05, 4.69) is 16.4 Å². The van der Waals surface area contributed by atoms with E-state index in [-0.39, 0.29) is 11.9 Å². The van der Waals surface area contributed by atoms with Gasteiger partial charge in [-0.05, 0) is 42.5 Å². The molecule has 0 aliphatic carbocycles. The number of methoxy groups -OCH3 is 4. The summed E-state index contributed by atoms with van der Waals surface area (Å²) in [5, 5.41) is 4.96. The molecule has 1 amide bonds. The molecule has 1 aliphatic heterocycles. The Bertz CT molecular complexity index is 1720. The number of nitrogens with zero attached hydrogens (tertiary/aromatic N) is 1. The van der Waals surface area contributed by atoms with Crippen LogP contribution in [0.2, 0.25) is 0 Å². The standard InChI is InChI=1S/C31H29N3O6/c1-36-19-9-10-25-21(14-19)22(15-26(33-25)17-11-27(37-2)29(39-4)28(12-17)38-3)30(35)32-18-13-23-20-7-5-6-8-24(20)34-31(23)40-16-18/h5-12,14-15,18,34H,13,16H2,1-4H3,(H,32,35)/t18-/m1/s1. The summed E-state index contributed by atoms with van der Waals surface area (Å²) in [6, 6.07) is 18.7. The molecule has 204 valence electrons. The summed E-state index contributed by atoms with van der Waals surface area (Å²) in [6.45, 7) is 0.359. The van der Waals surface area contributed by atoms with E-state index in [0.717, 1.165) is 22.3 Å². The number of aromatic nitrogens is 2. The number of benzene rings is 3. The number of carbonyl (C=O) groups is 1. The van der Waals surface area contributed by atoms with Crippen LogP contribution in [-0.2, 0) is 6.42 Å². The van der Waals surface area contributed by atoms with Gasteiger partial charge in [-0.2, -0.15) is 0 Å². The molecule has 9 heteroatoms. The molecule has 6 rings (SSSR count). The average molecular weight is 540 g/mol. The van der Waals surface area contributed by atoms with Gasteiger partial charge in [0.25, 0.3) is 5.91 Å². The van der Waals surface area contributed by atoms with Crippen LogP contribution in [0, 0.1) is 0 Å². The lowest BCUT2D eigenvalue weighted by Gasteiger charge is -2.24. The lowest BCUT2D eigenvalue weighted by Crippen LogP contribution is -2.42. The number of hydrogen-bond donors (Lipinski definition) is 2. The predicted molar refractivity (Wildman–Crippen MR) is 152 cm³/mol. The third-order valence-electron chi connectivity index (χ3n) is 7.21.